The van der Waals surface area contributed by atoms with Gasteiger partial charge < -0.3 is 28.8 Å². The zero-order chi connectivity index (χ0) is 67.6. The minimum atomic E-state index is -4.61. The SMILES string of the molecule is CCCCCCCCCC/C=C\CCCCCCCCCCCCCCCCCCCCCCCCCCCCCC(=O)NC(COP(=O)([O-])OCC[N+](C)(C)C)C(O)/C=C/CCCCCCCCCCCCCCCCCCCCCCCCCCCCCCCC. The normalized spacial score (nSPS) is 13.5. The van der Waals surface area contributed by atoms with Crippen molar-refractivity contribution in [2.75, 3.05) is 40.9 Å². The number of aliphatic hydroxyl groups excluding tert-OH is 1. The summed E-state index contributed by atoms with van der Waals surface area (Å²) in [6.45, 7) is 4.73. The molecule has 3 atom stereocenters. The summed E-state index contributed by atoms with van der Waals surface area (Å²) < 4.78 is 23.6. The number of nitrogens with one attached hydrogen (secondary N) is 1. The van der Waals surface area contributed by atoms with E-state index in [2.05, 4.69) is 31.3 Å². The van der Waals surface area contributed by atoms with Crippen molar-refractivity contribution in [3.05, 3.63) is 24.3 Å². The minimum Gasteiger partial charge on any atom is -0.756 e. The van der Waals surface area contributed by atoms with Gasteiger partial charge in [-0.3, -0.25) is 9.36 Å². The van der Waals surface area contributed by atoms with Crippen LogP contribution >= 0.6 is 7.82 Å². The third-order valence-corrected chi connectivity index (χ3v) is 20.9. The molecule has 0 aliphatic heterocycles. The van der Waals surface area contributed by atoms with Gasteiger partial charge in [-0.15, -0.1) is 0 Å². The highest BCUT2D eigenvalue weighted by Crippen LogP contribution is 2.38. The minimum absolute atomic E-state index is 0.00255. The number of nitrogens with zero attached hydrogens (tertiary/aromatic N) is 1. The third-order valence-electron chi connectivity index (χ3n) is 19.9. The fourth-order valence-corrected chi connectivity index (χ4v) is 14.1. The highest BCUT2D eigenvalue weighted by molar-refractivity contribution is 7.45. The van der Waals surface area contributed by atoms with Gasteiger partial charge in [0.05, 0.1) is 39.9 Å². The fraction of sp³-hybridized carbons (Fsp3) is 0.940. The molecule has 0 aromatic carbocycles. The van der Waals surface area contributed by atoms with Crippen molar-refractivity contribution in [3.63, 3.8) is 0 Å². The number of quaternary nitrogens is 1. The second-order valence-corrected chi connectivity index (χ2v) is 32.0. The molecule has 0 bridgehead atoms. The summed E-state index contributed by atoms with van der Waals surface area (Å²) in [5, 5.41) is 14.0. The molecule has 0 fully saturated rings. The molecular formula is C84H167N2O6P. The van der Waals surface area contributed by atoms with Crippen molar-refractivity contribution < 1.29 is 32.9 Å². The number of hydrogen-bond donors (Lipinski definition) is 2. The first-order valence-electron chi connectivity index (χ1n) is 42.2. The topological polar surface area (TPSA) is 108 Å². The Hall–Kier alpha value is -1.02. The van der Waals surface area contributed by atoms with Crippen LogP contribution in [0.2, 0.25) is 0 Å². The lowest BCUT2D eigenvalue weighted by atomic mass is 10.0. The van der Waals surface area contributed by atoms with E-state index in [9.17, 15) is 19.4 Å². The van der Waals surface area contributed by atoms with E-state index in [-0.39, 0.29) is 19.1 Å². The molecule has 554 valence electrons. The summed E-state index contributed by atoms with van der Waals surface area (Å²) in [6, 6.07) is -0.886. The molecule has 1 amide bonds. The summed E-state index contributed by atoms with van der Waals surface area (Å²) in [5.41, 5.74) is 0. The number of carbonyl (C=O) groups excluding carboxylic acids is 1. The molecule has 0 aliphatic rings. The van der Waals surface area contributed by atoms with Gasteiger partial charge in [0.15, 0.2) is 0 Å². The highest BCUT2D eigenvalue weighted by atomic mass is 31.2. The van der Waals surface area contributed by atoms with Crippen LogP contribution in [0.4, 0.5) is 0 Å². The lowest BCUT2D eigenvalue weighted by Crippen LogP contribution is -2.45. The number of aliphatic hydroxyl groups is 1. The Morgan fingerprint density at radius 1 is 0.366 bits per heavy atom. The monoisotopic (exact) mass is 1330 g/mol. The average Bonchev–Trinajstić information content (AvgIpc) is 1.94. The lowest BCUT2D eigenvalue weighted by molar-refractivity contribution is -0.870. The van der Waals surface area contributed by atoms with Gasteiger partial charge in [-0.1, -0.05) is 430 Å². The summed E-state index contributed by atoms with van der Waals surface area (Å²) in [6.07, 6.45) is 101. The number of phosphoric ester groups is 1. The molecule has 3 unspecified atom stereocenters. The number of allylic oxidation sites excluding steroid dienone is 3. The maximum Gasteiger partial charge on any atom is 0.268 e. The summed E-state index contributed by atoms with van der Waals surface area (Å²) >= 11 is 0. The van der Waals surface area contributed by atoms with Crippen molar-refractivity contribution in [2.24, 2.45) is 0 Å². The van der Waals surface area contributed by atoms with E-state index in [1.807, 2.05) is 27.2 Å². The Morgan fingerprint density at radius 2 is 0.591 bits per heavy atom. The zero-order valence-corrected chi connectivity index (χ0v) is 64.7. The van der Waals surface area contributed by atoms with Gasteiger partial charge in [-0.2, -0.15) is 0 Å². The highest BCUT2D eigenvalue weighted by Gasteiger charge is 2.23. The van der Waals surface area contributed by atoms with Crippen LogP contribution < -0.4 is 10.2 Å². The first-order valence-corrected chi connectivity index (χ1v) is 43.7. The summed E-state index contributed by atoms with van der Waals surface area (Å²) in [5.74, 6) is -0.186. The Labute approximate surface area is 583 Å². The molecule has 0 rings (SSSR count). The number of rotatable bonds is 80. The molecule has 0 aliphatic carbocycles. The molecule has 93 heavy (non-hydrogen) atoms. The van der Waals surface area contributed by atoms with Gasteiger partial charge in [0, 0.05) is 6.42 Å². The second kappa shape index (κ2) is 75.2. The molecule has 0 spiro atoms. The van der Waals surface area contributed by atoms with E-state index in [0.717, 1.165) is 38.5 Å². The van der Waals surface area contributed by atoms with E-state index in [4.69, 9.17) is 9.05 Å². The molecule has 0 heterocycles. The number of phosphoric acid groups is 1. The van der Waals surface area contributed by atoms with Crippen LogP contribution in [0.25, 0.3) is 0 Å². The van der Waals surface area contributed by atoms with Crippen molar-refractivity contribution >= 4 is 13.7 Å². The van der Waals surface area contributed by atoms with Gasteiger partial charge in [0.25, 0.3) is 7.82 Å². The Kier molecular flexibility index (Phi) is 74.4. The van der Waals surface area contributed by atoms with Crippen LogP contribution in [0.5, 0.6) is 0 Å². The fourth-order valence-electron chi connectivity index (χ4n) is 13.4. The Bertz CT molecular complexity index is 1570. The molecule has 0 saturated heterocycles. The van der Waals surface area contributed by atoms with Crippen LogP contribution in [0.15, 0.2) is 24.3 Å². The van der Waals surface area contributed by atoms with Crippen molar-refractivity contribution in [1.29, 1.82) is 0 Å². The predicted octanol–water partition coefficient (Wildman–Crippen LogP) is 27.1. The van der Waals surface area contributed by atoms with Crippen LogP contribution in [-0.2, 0) is 18.4 Å². The number of carbonyl (C=O) groups is 1. The first kappa shape index (κ1) is 92.0. The first-order chi connectivity index (χ1) is 45.5. The molecule has 9 heteroatoms. The maximum atomic E-state index is 13.1. The van der Waals surface area contributed by atoms with Gasteiger partial charge in [0.1, 0.15) is 13.2 Å². The number of amides is 1. The van der Waals surface area contributed by atoms with E-state index < -0.39 is 20.0 Å². The largest absolute Gasteiger partial charge is 0.756 e. The van der Waals surface area contributed by atoms with Crippen molar-refractivity contribution in [2.45, 2.75) is 469 Å². The smallest absolute Gasteiger partial charge is 0.268 e. The molecule has 2 N–H and O–H groups in total. The zero-order valence-electron chi connectivity index (χ0n) is 63.8. The van der Waals surface area contributed by atoms with E-state index in [0.29, 0.717) is 17.4 Å². The molecular weight excluding hydrogens is 1160 g/mol. The Morgan fingerprint density at radius 3 is 0.839 bits per heavy atom. The number of hydrogen-bond acceptors (Lipinski definition) is 6. The van der Waals surface area contributed by atoms with E-state index in [1.54, 1.807) is 6.08 Å². The molecule has 0 aromatic heterocycles. The maximum absolute atomic E-state index is 13.1. The number of unbranched alkanes of at least 4 members (excludes halogenated alkanes) is 65. The van der Waals surface area contributed by atoms with Gasteiger partial charge >= 0.3 is 0 Å². The van der Waals surface area contributed by atoms with Gasteiger partial charge in [0.2, 0.25) is 5.91 Å². The number of likely N-dealkylation sites (N-methyl/N-ethyl adjacent to an activating group) is 1. The molecule has 0 saturated carbocycles. The summed E-state index contributed by atoms with van der Waals surface area (Å²) in [4.78, 5) is 25.7. The molecule has 0 aromatic rings. The van der Waals surface area contributed by atoms with Crippen LogP contribution in [0, 0.1) is 0 Å². The summed E-state index contributed by atoms with van der Waals surface area (Å²) in [7, 11) is 1.29. The van der Waals surface area contributed by atoms with Gasteiger partial charge in [-0.25, -0.2) is 0 Å². The Balaban J connectivity index is 3.90. The third kappa shape index (κ3) is 78.2. The lowest BCUT2D eigenvalue weighted by Gasteiger charge is -2.29. The van der Waals surface area contributed by atoms with E-state index in [1.165, 1.54) is 398 Å². The van der Waals surface area contributed by atoms with Crippen molar-refractivity contribution in [3.8, 4) is 0 Å². The van der Waals surface area contributed by atoms with Crippen LogP contribution in [0.1, 0.15) is 457 Å². The second-order valence-electron chi connectivity index (χ2n) is 30.5. The van der Waals surface area contributed by atoms with E-state index >= 15 is 0 Å². The predicted molar refractivity (Wildman–Crippen MR) is 409 cm³/mol. The quantitative estimate of drug-likeness (QED) is 0.0272. The van der Waals surface area contributed by atoms with Gasteiger partial charge in [-0.05, 0) is 44.9 Å². The average molecular weight is 1330 g/mol. The molecule has 8 nitrogen and oxygen atoms in total. The van der Waals surface area contributed by atoms with Crippen LogP contribution in [0.3, 0.4) is 0 Å². The van der Waals surface area contributed by atoms with Crippen molar-refractivity contribution in [1.82, 2.24) is 5.32 Å². The standard InChI is InChI=1S/C84H167N2O6P/c1-6-8-10-12-14-16-18-20-22-24-26-28-30-32-34-36-38-40-41-42-43-44-45-46-48-50-52-54-56-58-60-62-64-66-68-70-72-74-76-78-84(88)85-82(81-92-93(89,90)91-80-79-86(3,4)5)83(87)77-75-73-71-69-67-65-63-61-59-57-55-53-51-49-47-39-37-35-33-31-29-27-25-23-21-19-17-15-13-11-9-7-2/h24,26,75,77,82-83,87H,6-23,25,27-74,76,78-81H2,1-5H3,(H-,85,88,89,90)/b26-24-,77-75+. The van der Waals surface area contributed by atoms with Crippen LogP contribution in [-0.4, -0.2) is 68.5 Å². The molecule has 0 radical (unpaired) electrons.